The predicted octanol–water partition coefficient (Wildman–Crippen LogP) is 8.43. The molecule has 200 valence electrons. The van der Waals surface area contributed by atoms with Crippen molar-refractivity contribution in [2.75, 3.05) is 4.90 Å². The average Bonchev–Trinajstić information content (AvgIpc) is 3.57. The van der Waals surface area contributed by atoms with Crippen LogP contribution in [-0.4, -0.2) is 17.0 Å². The van der Waals surface area contributed by atoms with Gasteiger partial charge in [0.2, 0.25) is 5.90 Å². The summed E-state index contributed by atoms with van der Waals surface area (Å²) in [5.74, 6) is 3.12. The third-order valence-corrected chi connectivity index (χ3v) is 8.55. The molecule has 0 fully saturated rings. The highest BCUT2D eigenvalue weighted by atomic mass is 16.5. The molecular weight excluding hydrogens is 506 g/mol. The van der Waals surface area contributed by atoms with Crippen LogP contribution in [0.1, 0.15) is 47.7 Å². The number of ether oxygens (including phenoxy) is 2. The van der Waals surface area contributed by atoms with E-state index in [1.54, 1.807) is 0 Å². The smallest absolute Gasteiger partial charge is 0.217 e. The van der Waals surface area contributed by atoms with Crippen LogP contribution in [0, 0.1) is 0 Å². The van der Waals surface area contributed by atoms with Gasteiger partial charge in [0.05, 0.1) is 11.4 Å². The van der Waals surface area contributed by atoms with E-state index in [1.807, 2.05) is 48.7 Å². The second-order valence-electron chi connectivity index (χ2n) is 11.4. The molecule has 5 heteroatoms. The van der Waals surface area contributed by atoms with Crippen LogP contribution in [0.5, 0.6) is 11.5 Å². The number of aromatic nitrogens is 1. The molecule has 2 atom stereocenters. The summed E-state index contributed by atoms with van der Waals surface area (Å²) in [7, 11) is 0. The fraction of sp³-hybridized carbons (Fsp3) is 0.167. The molecule has 0 N–H and O–H groups in total. The van der Waals surface area contributed by atoms with Gasteiger partial charge in [-0.25, -0.2) is 9.98 Å². The fourth-order valence-corrected chi connectivity index (χ4v) is 6.53. The maximum Gasteiger partial charge on any atom is 0.217 e. The molecule has 2 aliphatic heterocycles. The monoisotopic (exact) mass is 535 g/mol. The molecule has 0 saturated carbocycles. The molecule has 4 aromatic carbocycles. The lowest BCUT2D eigenvalue weighted by Gasteiger charge is -2.40. The molecule has 0 spiro atoms. The lowest BCUT2D eigenvalue weighted by molar-refractivity contribution is 0.206. The molecule has 0 radical (unpaired) electrons. The van der Waals surface area contributed by atoms with Crippen LogP contribution in [0.15, 0.2) is 120 Å². The number of anilines is 3. The molecular formula is C36H29N3O2. The Hall–Kier alpha value is -4.90. The Labute approximate surface area is 239 Å². The van der Waals surface area contributed by atoms with E-state index >= 15 is 0 Å². The number of rotatable bonds is 4. The van der Waals surface area contributed by atoms with Crippen LogP contribution in [-0.2, 0) is 16.6 Å². The molecule has 0 saturated heterocycles. The van der Waals surface area contributed by atoms with E-state index in [-0.39, 0.29) is 17.6 Å². The van der Waals surface area contributed by atoms with Crippen molar-refractivity contribution in [3.63, 3.8) is 0 Å². The van der Waals surface area contributed by atoms with Gasteiger partial charge in [-0.3, -0.25) is 4.90 Å². The zero-order valence-corrected chi connectivity index (χ0v) is 23.0. The first-order valence-electron chi connectivity index (χ1n) is 14.1. The molecule has 3 aliphatic rings. The van der Waals surface area contributed by atoms with Crippen molar-refractivity contribution < 1.29 is 9.47 Å². The Morgan fingerprint density at radius 3 is 2.51 bits per heavy atom. The number of pyridine rings is 1. The third-order valence-electron chi connectivity index (χ3n) is 8.55. The maximum atomic E-state index is 6.42. The average molecular weight is 536 g/mol. The Balaban J connectivity index is 1.11. The van der Waals surface area contributed by atoms with Crippen molar-refractivity contribution in [1.82, 2.24) is 4.98 Å². The van der Waals surface area contributed by atoms with Gasteiger partial charge in [0.25, 0.3) is 0 Å². The Bertz CT molecular complexity index is 1790. The van der Waals surface area contributed by atoms with Gasteiger partial charge in [-0.2, -0.15) is 0 Å². The topological polar surface area (TPSA) is 47.0 Å². The summed E-state index contributed by atoms with van der Waals surface area (Å²) in [6.07, 6.45) is 2.82. The molecule has 41 heavy (non-hydrogen) atoms. The number of nitrogens with zero attached hydrogens (tertiary/aromatic N) is 3. The first kappa shape index (κ1) is 23.9. The number of para-hydroxylation sites is 1. The van der Waals surface area contributed by atoms with E-state index in [1.165, 1.54) is 22.3 Å². The normalized spacial score (nSPS) is 19.4. The maximum absolute atomic E-state index is 6.42. The van der Waals surface area contributed by atoms with Gasteiger partial charge in [-0.05, 0) is 59.2 Å². The van der Waals surface area contributed by atoms with E-state index in [0.29, 0.717) is 5.90 Å². The van der Waals surface area contributed by atoms with Crippen molar-refractivity contribution >= 4 is 23.1 Å². The van der Waals surface area contributed by atoms with Crippen molar-refractivity contribution in [2.45, 2.75) is 37.8 Å². The molecule has 3 heterocycles. The van der Waals surface area contributed by atoms with Crippen molar-refractivity contribution in [1.29, 1.82) is 0 Å². The molecule has 1 aromatic heterocycles. The van der Waals surface area contributed by atoms with Gasteiger partial charge in [0, 0.05) is 35.2 Å². The summed E-state index contributed by atoms with van der Waals surface area (Å²) in [6, 6.07) is 37.5. The van der Waals surface area contributed by atoms with Gasteiger partial charge >= 0.3 is 0 Å². The zero-order valence-electron chi connectivity index (χ0n) is 23.0. The molecule has 8 rings (SSSR count). The SMILES string of the molecule is CC1(C)c2ccccc2N(c2cccc(Oc3cccc(C4=N[C@H]5c6ccccc6C[C@H]5O4)c3)c2)c2ncccc21. The van der Waals surface area contributed by atoms with Crippen molar-refractivity contribution in [3.05, 3.63) is 143 Å². The number of fused-ring (bicyclic) bond motifs is 5. The van der Waals surface area contributed by atoms with E-state index < -0.39 is 0 Å². The lowest BCUT2D eigenvalue weighted by Crippen LogP contribution is -2.31. The largest absolute Gasteiger partial charge is 0.471 e. The highest BCUT2D eigenvalue weighted by Gasteiger charge is 2.40. The Morgan fingerprint density at radius 2 is 1.59 bits per heavy atom. The summed E-state index contributed by atoms with van der Waals surface area (Å²) in [6.45, 7) is 4.53. The Kier molecular flexibility index (Phi) is 5.29. The molecule has 1 aliphatic carbocycles. The Morgan fingerprint density at radius 1 is 0.805 bits per heavy atom. The minimum Gasteiger partial charge on any atom is -0.471 e. The second-order valence-corrected chi connectivity index (χ2v) is 11.4. The van der Waals surface area contributed by atoms with Gasteiger partial charge in [0.1, 0.15) is 29.5 Å². The number of aliphatic imine (C=N–C) groups is 1. The summed E-state index contributed by atoms with van der Waals surface area (Å²) in [4.78, 5) is 12.0. The lowest BCUT2D eigenvalue weighted by atomic mass is 9.74. The highest BCUT2D eigenvalue weighted by Crippen LogP contribution is 2.51. The van der Waals surface area contributed by atoms with Crippen LogP contribution in [0.4, 0.5) is 17.2 Å². The van der Waals surface area contributed by atoms with Crippen molar-refractivity contribution in [2.24, 2.45) is 4.99 Å². The molecule has 5 aromatic rings. The quantitative estimate of drug-likeness (QED) is 0.232. The molecule has 0 bridgehead atoms. The highest BCUT2D eigenvalue weighted by molar-refractivity contribution is 5.96. The minimum absolute atomic E-state index is 0.0661. The molecule has 5 nitrogen and oxygen atoms in total. The standard InChI is InChI=1S/C36H29N3O2/c1-36(2)29-16-5-6-18-31(29)39(34-30(36)17-9-19-37-34)25-12-8-14-27(22-25)40-26-13-7-11-24(20-26)35-38-33-28-15-4-3-10-23(28)21-32(33)41-35/h3-20,22,32-33H,21H2,1-2H3/t32-,33+/m1/s1. The van der Waals surface area contributed by atoms with Gasteiger partial charge in [0.15, 0.2) is 0 Å². The summed E-state index contributed by atoms with van der Waals surface area (Å²) >= 11 is 0. The van der Waals surface area contributed by atoms with Crippen molar-refractivity contribution in [3.8, 4) is 11.5 Å². The fourth-order valence-electron chi connectivity index (χ4n) is 6.53. The van der Waals surface area contributed by atoms with E-state index in [0.717, 1.165) is 40.7 Å². The van der Waals surface area contributed by atoms with Gasteiger partial charge in [-0.15, -0.1) is 0 Å². The first-order chi connectivity index (χ1) is 20.1. The second kappa shape index (κ2) is 9.07. The zero-order chi connectivity index (χ0) is 27.6. The first-order valence-corrected chi connectivity index (χ1v) is 14.1. The van der Waals surface area contributed by atoms with Crippen LogP contribution >= 0.6 is 0 Å². The van der Waals surface area contributed by atoms with Crippen LogP contribution in [0.3, 0.4) is 0 Å². The van der Waals surface area contributed by atoms with Gasteiger partial charge < -0.3 is 9.47 Å². The van der Waals surface area contributed by atoms with E-state index in [9.17, 15) is 0 Å². The predicted molar refractivity (Wildman–Crippen MR) is 162 cm³/mol. The molecule has 0 unspecified atom stereocenters. The van der Waals surface area contributed by atoms with Crippen LogP contribution < -0.4 is 9.64 Å². The third kappa shape index (κ3) is 3.84. The number of hydrogen-bond donors (Lipinski definition) is 0. The minimum atomic E-state index is -0.156. The van der Waals surface area contributed by atoms with E-state index in [4.69, 9.17) is 19.5 Å². The number of benzene rings is 4. The summed E-state index contributed by atoms with van der Waals surface area (Å²) < 4.78 is 12.7. The van der Waals surface area contributed by atoms with Crippen LogP contribution in [0.2, 0.25) is 0 Å². The molecule has 0 amide bonds. The van der Waals surface area contributed by atoms with E-state index in [2.05, 4.69) is 85.5 Å². The summed E-state index contributed by atoms with van der Waals surface area (Å²) in [5.41, 5.74) is 7.97. The van der Waals surface area contributed by atoms with Crippen LogP contribution in [0.25, 0.3) is 0 Å². The van der Waals surface area contributed by atoms with Gasteiger partial charge in [-0.1, -0.05) is 74.5 Å². The summed E-state index contributed by atoms with van der Waals surface area (Å²) in [5, 5.41) is 0. The number of hydrogen-bond acceptors (Lipinski definition) is 5.